The number of nitrogen functional groups attached to an aromatic ring is 1. The topological polar surface area (TPSA) is 86.5 Å². The molecular weight excluding hydrogens is 313 g/mol. The minimum Gasteiger partial charge on any atom is -0.462 e. The number of rotatable bonds is 5. The highest BCUT2D eigenvalue weighted by atomic mass is 35.5. The van der Waals surface area contributed by atoms with E-state index < -0.39 is 15.8 Å². The number of hydrogen-bond donors (Lipinski definition) is 1. The van der Waals surface area contributed by atoms with Gasteiger partial charge in [-0.2, -0.15) is 0 Å². The predicted molar refractivity (Wildman–Crippen MR) is 75.5 cm³/mol. The van der Waals surface area contributed by atoms with Crippen molar-refractivity contribution in [1.29, 1.82) is 0 Å². The zero-order chi connectivity index (χ0) is 14.6. The van der Waals surface area contributed by atoms with E-state index in [0.717, 1.165) is 6.26 Å². The summed E-state index contributed by atoms with van der Waals surface area (Å²) in [7, 11) is -3.07. The van der Waals surface area contributed by atoms with E-state index in [9.17, 15) is 13.2 Å². The van der Waals surface area contributed by atoms with Crippen LogP contribution in [0.4, 0.5) is 5.69 Å². The fourth-order valence-corrected chi connectivity index (χ4v) is 2.38. The van der Waals surface area contributed by atoms with Crippen molar-refractivity contribution in [2.75, 3.05) is 24.3 Å². The highest BCUT2D eigenvalue weighted by Crippen LogP contribution is 2.29. The molecule has 0 aliphatic heterocycles. The van der Waals surface area contributed by atoms with Gasteiger partial charge in [0, 0.05) is 11.9 Å². The normalized spacial score (nSPS) is 11.3. The molecule has 5 nitrogen and oxygen atoms in total. The van der Waals surface area contributed by atoms with Gasteiger partial charge in [0.25, 0.3) is 0 Å². The van der Waals surface area contributed by atoms with E-state index in [2.05, 4.69) is 0 Å². The number of halogens is 2. The van der Waals surface area contributed by atoms with Gasteiger partial charge in [-0.05, 0) is 18.6 Å². The van der Waals surface area contributed by atoms with Crippen LogP contribution in [0.5, 0.6) is 0 Å². The monoisotopic (exact) mass is 325 g/mol. The van der Waals surface area contributed by atoms with Crippen LogP contribution in [-0.2, 0) is 14.6 Å². The Kier molecular flexibility index (Phi) is 5.46. The van der Waals surface area contributed by atoms with Crippen LogP contribution in [0.2, 0.25) is 10.0 Å². The zero-order valence-corrected chi connectivity index (χ0v) is 12.5. The van der Waals surface area contributed by atoms with Gasteiger partial charge >= 0.3 is 5.97 Å². The van der Waals surface area contributed by atoms with Crippen LogP contribution in [0, 0.1) is 0 Å². The molecule has 2 N–H and O–H groups in total. The minimum atomic E-state index is -3.07. The molecule has 0 unspecified atom stereocenters. The first-order chi connectivity index (χ1) is 8.70. The van der Waals surface area contributed by atoms with Crippen LogP contribution in [0.3, 0.4) is 0 Å². The Labute approximate surface area is 121 Å². The van der Waals surface area contributed by atoms with E-state index in [-0.39, 0.29) is 40.1 Å². The summed E-state index contributed by atoms with van der Waals surface area (Å²) in [6.45, 7) is -0.0192. The molecule has 0 saturated carbocycles. The molecule has 1 aromatic carbocycles. The Morgan fingerprint density at radius 3 is 2.58 bits per heavy atom. The van der Waals surface area contributed by atoms with E-state index in [4.69, 9.17) is 33.7 Å². The van der Waals surface area contributed by atoms with Crippen LogP contribution in [0.25, 0.3) is 0 Å². The number of sulfone groups is 1. The van der Waals surface area contributed by atoms with Gasteiger partial charge in [-0.1, -0.05) is 23.2 Å². The molecule has 0 amide bonds. The number of esters is 1. The molecule has 0 aliphatic rings. The third-order valence-electron chi connectivity index (χ3n) is 2.16. The number of carbonyl (C=O) groups is 1. The molecule has 1 aromatic rings. The van der Waals surface area contributed by atoms with Crippen molar-refractivity contribution in [2.24, 2.45) is 0 Å². The van der Waals surface area contributed by atoms with Crippen molar-refractivity contribution in [1.82, 2.24) is 0 Å². The Balaban J connectivity index is 2.64. The highest BCUT2D eigenvalue weighted by molar-refractivity contribution is 7.90. The maximum Gasteiger partial charge on any atom is 0.339 e. The first-order valence-electron chi connectivity index (χ1n) is 5.30. The molecule has 1 rings (SSSR count). The first kappa shape index (κ1) is 16.1. The predicted octanol–water partition coefficient (Wildman–Crippen LogP) is 2.17. The maximum absolute atomic E-state index is 11.7. The molecule has 8 heteroatoms. The van der Waals surface area contributed by atoms with Gasteiger partial charge in [-0.25, -0.2) is 13.2 Å². The number of anilines is 1. The molecule has 0 heterocycles. The van der Waals surface area contributed by atoms with E-state index in [1.54, 1.807) is 0 Å². The number of carbonyl (C=O) groups excluding carboxylic acids is 1. The quantitative estimate of drug-likeness (QED) is 0.509. The standard InChI is InChI=1S/C11H13Cl2NO4S/c1-19(16,17)4-2-3-18-11(15)8-5-7(14)6-9(12)10(8)13/h5-6H,2-4,14H2,1H3. The number of nitrogens with two attached hydrogens (primary N) is 1. The SMILES string of the molecule is CS(=O)(=O)CCCOC(=O)c1cc(N)cc(Cl)c1Cl. The second-order valence-electron chi connectivity index (χ2n) is 3.98. The summed E-state index contributed by atoms with van der Waals surface area (Å²) in [6.07, 6.45) is 1.33. The van der Waals surface area contributed by atoms with Gasteiger partial charge < -0.3 is 10.5 Å². The molecule has 0 fully saturated rings. The summed E-state index contributed by atoms with van der Waals surface area (Å²) in [5, 5.41) is 0.216. The maximum atomic E-state index is 11.7. The van der Waals surface area contributed by atoms with E-state index in [1.165, 1.54) is 12.1 Å². The van der Waals surface area contributed by atoms with Gasteiger partial charge in [0.1, 0.15) is 9.84 Å². The summed E-state index contributed by atoms with van der Waals surface area (Å²) >= 11 is 11.6. The number of hydrogen-bond acceptors (Lipinski definition) is 5. The lowest BCUT2D eigenvalue weighted by molar-refractivity contribution is 0.0506. The van der Waals surface area contributed by atoms with E-state index >= 15 is 0 Å². The third-order valence-corrected chi connectivity index (χ3v) is 4.00. The molecular formula is C11H13Cl2NO4S. The number of ether oxygens (including phenoxy) is 1. The summed E-state index contributed by atoms with van der Waals surface area (Å²) in [4.78, 5) is 11.7. The van der Waals surface area contributed by atoms with E-state index in [1.807, 2.05) is 0 Å². The average Bonchev–Trinajstić information content (AvgIpc) is 2.27. The van der Waals surface area contributed by atoms with Crippen LogP contribution in [-0.4, -0.2) is 33.0 Å². The van der Waals surface area contributed by atoms with Crippen LogP contribution < -0.4 is 5.73 Å². The van der Waals surface area contributed by atoms with Gasteiger partial charge in [-0.15, -0.1) is 0 Å². The van der Waals surface area contributed by atoms with Crippen molar-refractivity contribution in [3.05, 3.63) is 27.7 Å². The largest absolute Gasteiger partial charge is 0.462 e. The Bertz CT molecular complexity index is 587. The summed E-state index contributed by atoms with van der Waals surface area (Å²) < 4.78 is 26.7. The van der Waals surface area contributed by atoms with Gasteiger partial charge in [0.15, 0.2) is 0 Å². The second-order valence-corrected chi connectivity index (χ2v) is 7.03. The lowest BCUT2D eigenvalue weighted by Gasteiger charge is -2.08. The summed E-state index contributed by atoms with van der Waals surface area (Å²) in [5.41, 5.74) is 5.90. The third kappa shape index (κ3) is 5.26. The molecule has 106 valence electrons. The first-order valence-corrected chi connectivity index (χ1v) is 8.11. The fourth-order valence-electron chi connectivity index (χ4n) is 1.32. The van der Waals surface area contributed by atoms with Crippen LogP contribution >= 0.6 is 23.2 Å². The van der Waals surface area contributed by atoms with E-state index in [0.29, 0.717) is 0 Å². The van der Waals surface area contributed by atoms with Gasteiger partial charge in [0.05, 0.1) is 28.0 Å². The molecule has 0 saturated heterocycles. The fraction of sp³-hybridized carbons (Fsp3) is 0.364. The van der Waals surface area contributed by atoms with Crippen molar-refractivity contribution in [3.63, 3.8) is 0 Å². The van der Waals surface area contributed by atoms with Crippen molar-refractivity contribution in [2.45, 2.75) is 6.42 Å². The lowest BCUT2D eigenvalue weighted by Crippen LogP contribution is -2.11. The molecule has 0 spiro atoms. The molecule has 0 bridgehead atoms. The van der Waals surface area contributed by atoms with Crippen molar-refractivity contribution >= 4 is 44.7 Å². The summed E-state index contributed by atoms with van der Waals surface area (Å²) in [5.74, 6) is -0.737. The van der Waals surface area contributed by atoms with Crippen molar-refractivity contribution in [3.8, 4) is 0 Å². The zero-order valence-electron chi connectivity index (χ0n) is 10.2. The van der Waals surface area contributed by atoms with Gasteiger partial charge in [-0.3, -0.25) is 0 Å². The Morgan fingerprint density at radius 1 is 1.37 bits per heavy atom. The molecule has 0 atom stereocenters. The van der Waals surface area contributed by atoms with Crippen LogP contribution in [0.15, 0.2) is 12.1 Å². The second kappa shape index (κ2) is 6.45. The number of benzene rings is 1. The lowest BCUT2D eigenvalue weighted by atomic mass is 10.2. The highest BCUT2D eigenvalue weighted by Gasteiger charge is 2.15. The Morgan fingerprint density at radius 2 is 2.00 bits per heavy atom. The summed E-state index contributed by atoms with van der Waals surface area (Å²) in [6, 6.07) is 2.78. The molecule has 0 aromatic heterocycles. The molecule has 0 radical (unpaired) electrons. The average molecular weight is 326 g/mol. The smallest absolute Gasteiger partial charge is 0.339 e. The Hall–Kier alpha value is -0.980. The van der Waals surface area contributed by atoms with Gasteiger partial charge in [0.2, 0.25) is 0 Å². The van der Waals surface area contributed by atoms with Crippen LogP contribution in [0.1, 0.15) is 16.8 Å². The molecule has 0 aliphatic carbocycles. The van der Waals surface area contributed by atoms with Crippen molar-refractivity contribution < 1.29 is 17.9 Å². The minimum absolute atomic E-state index is 0.0192. The molecule has 19 heavy (non-hydrogen) atoms.